The summed E-state index contributed by atoms with van der Waals surface area (Å²) in [7, 11) is 0. The Kier molecular flexibility index (Phi) is 6.49. The van der Waals surface area contributed by atoms with Gasteiger partial charge in [0.25, 0.3) is 0 Å². The highest BCUT2D eigenvalue weighted by molar-refractivity contribution is 6.30. The van der Waals surface area contributed by atoms with Crippen LogP contribution in [0.25, 0.3) is 10.9 Å². The normalized spacial score (nSPS) is 20.2. The largest absolute Gasteiger partial charge is 0.481 e. The second-order valence-electron chi connectivity index (χ2n) is 9.76. The Morgan fingerprint density at radius 1 is 1.08 bits per heavy atom. The third-order valence-electron chi connectivity index (χ3n) is 7.32. The van der Waals surface area contributed by atoms with Crippen LogP contribution in [0, 0.1) is 11.7 Å². The number of benzene rings is 2. The van der Waals surface area contributed by atoms with Crippen molar-refractivity contribution in [3.05, 3.63) is 70.1 Å². The van der Waals surface area contributed by atoms with E-state index >= 15 is 0 Å². The molecule has 192 valence electrons. The van der Waals surface area contributed by atoms with Crippen molar-refractivity contribution in [2.24, 2.45) is 11.7 Å². The molecule has 1 aromatic heterocycles. The third-order valence-corrected chi connectivity index (χ3v) is 7.62. The van der Waals surface area contributed by atoms with Gasteiger partial charge in [-0.05, 0) is 54.0 Å². The highest BCUT2D eigenvalue weighted by Gasteiger charge is 2.55. The maximum atomic E-state index is 14.2. The summed E-state index contributed by atoms with van der Waals surface area (Å²) in [6, 6.07) is 8.29. The lowest BCUT2D eigenvalue weighted by atomic mass is 9.99. The van der Waals surface area contributed by atoms with Gasteiger partial charge in [0, 0.05) is 24.0 Å². The second kappa shape index (κ2) is 9.63. The highest BCUT2D eigenvalue weighted by Crippen LogP contribution is 2.48. The minimum atomic E-state index is -1.01. The average Bonchev–Trinajstić information content (AvgIpc) is 3.35. The van der Waals surface area contributed by atoms with Crippen LogP contribution in [-0.2, 0) is 33.6 Å². The first-order chi connectivity index (χ1) is 17.6. The first-order valence-electron chi connectivity index (χ1n) is 12.0. The maximum Gasteiger partial charge on any atom is 0.323 e. The Morgan fingerprint density at radius 3 is 2.59 bits per heavy atom. The molecule has 1 saturated carbocycles. The van der Waals surface area contributed by atoms with Crippen molar-refractivity contribution in [3.63, 3.8) is 0 Å². The number of hydrogen-bond acceptors (Lipinski definition) is 4. The van der Waals surface area contributed by atoms with Crippen molar-refractivity contribution in [3.8, 4) is 0 Å². The molecule has 2 heterocycles. The van der Waals surface area contributed by atoms with E-state index < -0.39 is 23.9 Å². The SMILES string of the molecule is NC(=O)n1cc(CC(=O)N2[C@@H]3C[C@@H]3C[C@H]2C(=O)CCc2cccc(Cl)c2F)c2ccc(CC(=O)O)cc21. The number of nitrogens with two attached hydrogens (primary N) is 1. The number of aryl methyl sites for hydroxylation is 1. The number of aromatic nitrogens is 1. The lowest BCUT2D eigenvalue weighted by Crippen LogP contribution is -2.44. The molecule has 0 unspecified atom stereocenters. The predicted octanol–water partition coefficient (Wildman–Crippen LogP) is 3.72. The van der Waals surface area contributed by atoms with Gasteiger partial charge in [0.1, 0.15) is 5.82 Å². The predicted molar refractivity (Wildman–Crippen MR) is 134 cm³/mol. The topological polar surface area (TPSA) is 123 Å². The van der Waals surface area contributed by atoms with E-state index in [0.29, 0.717) is 34.0 Å². The molecule has 8 nitrogen and oxygen atoms in total. The zero-order valence-electron chi connectivity index (χ0n) is 19.8. The number of carboxylic acid groups (broad SMARTS) is 1. The summed E-state index contributed by atoms with van der Waals surface area (Å²) in [5, 5.41) is 9.72. The van der Waals surface area contributed by atoms with Crippen molar-refractivity contribution in [1.29, 1.82) is 0 Å². The zero-order chi connectivity index (χ0) is 26.4. The van der Waals surface area contributed by atoms with Crippen molar-refractivity contribution in [2.45, 2.75) is 50.6 Å². The van der Waals surface area contributed by atoms with Crippen LogP contribution in [0.1, 0.15) is 36.0 Å². The minimum Gasteiger partial charge on any atom is -0.481 e. The molecule has 37 heavy (non-hydrogen) atoms. The summed E-state index contributed by atoms with van der Waals surface area (Å²) in [6.45, 7) is 0. The van der Waals surface area contributed by atoms with Gasteiger partial charge >= 0.3 is 12.0 Å². The van der Waals surface area contributed by atoms with Gasteiger partial charge in [-0.15, -0.1) is 0 Å². The third kappa shape index (κ3) is 4.83. The number of Topliss-reactive ketones (excluding diaryl/α,β-unsaturated/α-hetero) is 1. The molecule has 1 saturated heterocycles. The summed E-state index contributed by atoms with van der Waals surface area (Å²) in [6.07, 6.45) is 2.98. The fraction of sp³-hybridized carbons (Fsp3) is 0.333. The lowest BCUT2D eigenvalue weighted by molar-refractivity contribution is -0.138. The number of carbonyl (C=O) groups excluding carboxylic acids is 3. The number of rotatable bonds is 8. The Labute approximate surface area is 216 Å². The van der Waals surface area contributed by atoms with Crippen molar-refractivity contribution in [2.75, 3.05) is 0 Å². The number of nitrogens with zero attached hydrogens (tertiary/aromatic N) is 2. The molecule has 1 aliphatic carbocycles. The minimum absolute atomic E-state index is 0.00840. The smallest absolute Gasteiger partial charge is 0.323 e. The molecule has 2 fully saturated rings. The van der Waals surface area contributed by atoms with Crippen LogP contribution >= 0.6 is 11.6 Å². The van der Waals surface area contributed by atoms with Crippen LogP contribution < -0.4 is 5.73 Å². The quantitative estimate of drug-likeness (QED) is 0.464. The Hall–Kier alpha value is -3.72. The van der Waals surface area contributed by atoms with Crippen LogP contribution in [0.15, 0.2) is 42.6 Å². The number of hydrogen-bond donors (Lipinski definition) is 2. The first-order valence-corrected chi connectivity index (χ1v) is 12.4. The van der Waals surface area contributed by atoms with Gasteiger partial charge in [-0.1, -0.05) is 35.9 Å². The second-order valence-corrected chi connectivity index (χ2v) is 10.2. The molecule has 0 spiro atoms. The molecule has 5 rings (SSSR count). The fourth-order valence-electron chi connectivity index (χ4n) is 5.47. The molecular weight excluding hydrogens is 501 g/mol. The summed E-state index contributed by atoms with van der Waals surface area (Å²) >= 11 is 5.85. The van der Waals surface area contributed by atoms with Crippen LogP contribution in [0.4, 0.5) is 9.18 Å². The van der Waals surface area contributed by atoms with E-state index in [1.807, 2.05) is 0 Å². The van der Waals surface area contributed by atoms with E-state index in [9.17, 15) is 23.6 Å². The highest BCUT2D eigenvalue weighted by atomic mass is 35.5. The van der Waals surface area contributed by atoms with Crippen molar-refractivity contribution in [1.82, 2.24) is 9.47 Å². The summed E-state index contributed by atoms with van der Waals surface area (Å²) < 4.78 is 15.5. The molecule has 2 aliphatic rings. The number of carbonyl (C=O) groups is 4. The maximum absolute atomic E-state index is 14.2. The molecule has 1 aliphatic heterocycles. The van der Waals surface area contributed by atoms with E-state index in [0.717, 1.165) is 6.42 Å². The van der Waals surface area contributed by atoms with E-state index in [-0.39, 0.29) is 54.4 Å². The van der Waals surface area contributed by atoms with Gasteiger partial charge in [-0.2, -0.15) is 0 Å². The Bertz CT molecular complexity index is 1450. The summed E-state index contributed by atoms with van der Waals surface area (Å²) in [5.74, 6) is -1.59. The van der Waals surface area contributed by atoms with Gasteiger partial charge in [-0.3, -0.25) is 19.0 Å². The Morgan fingerprint density at radius 2 is 1.86 bits per heavy atom. The first kappa shape index (κ1) is 25.0. The average molecular weight is 526 g/mol. The van der Waals surface area contributed by atoms with Crippen molar-refractivity contribution >= 4 is 46.2 Å². The molecule has 3 atom stereocenters. The number of amides is 2. The van der Waals surface area contributed by atoms with E-state index in [2.05, 4.69) is 0 Å². The Balaban J connectivity index is 1.34. The number of ketones is 1. The molecule has 2 amide bonds. The van der Waals surface area contributed by atoms with Crippen LogP contribution in [0.3, 0.4) is 0 Å². The van der Waals surface area contributed by atoms with Crippen LogP contribution in [0.5, 0.6) is 0 Å². The van der Waals surface area contributed by atoms with Gasteiger partial charge in [0.05, 0.1) is 29.4 Å². The molecule has 2 aromatic carbocycles. The van der Waals surface area contributed by atoms with E-state index in [1.54, 1.807) is 35.2 Å². The molecule has 0 bridgehead atoms. The van der Waals surface area contributed by atoms with Gasteiger partial charge in [0.2, 0.25) is 5.91 Å². The van der Waals surface area contributed by atoms with E-state index in [4.69, 9.17) is 22.4 Å². The van der Waals surface area contributed by atoms with Crippen molar-refractivity contribution < 1.29 is 28.7 Å². The zero-order valence-corrected chi connectivity index (χ0v) is 20.6. The molecule has 3 N–H and O–H groups in total. The number of primary amides is 1. The molecule has 0 radical (unpaired) electrons. The number of halogens is 2. The monoisotopic (exact) mass is 525 g/mol. The fourth-order valence-corrected chi connectivity index (χ4v) is 5.67. The molecular formula is C27H25ClFN3O5. The van der Waals surface area contributed by atoms with Gasteiger partial charge in [-0.25, -0.2) is 9.18 Å². The van der Waals surface area contributed by atoms with Gasteiger partial charge in [0.15, 0.2) is 5.78 Å². The number of likely N-dealkylation sites (tertiary alicyclic amines) is 1. The molecule has 10 heteroatoms. The number of fused-ring (bicyclic) bond motifs is 2. The number of carboxylic acids is 1. The van der Waals surface area contributed by atoms with Crippen LogP contribution in [0.2, 0.25) is 5.02 Å². The number of aliphatic carboxylic acids is 1. The summed E-state index contributed by atoms with van der Waals surface area (Å²) in [4.78, 5) is 51.4. The van der Waals surface area contributed by atoms with E-state index in [1.165, 1.54) is 16.8 Å². The summed E-state index contributed by atoms with van der Waals surface area (Å²) in [5.41, 5.74) is 7.38. The lowest BCUT2D eigenvalue weighted by Gasteiger charge is -2.27. The standard InChI is InChI=1S/C27H25ClFN3O5/c28-19-3-1-2-15(26(19)29)5-7-23(33)22-11-16-10-20(16)32(22)24(34)12-17-13-31(27(30)37)21-8-14(9-25(35)36)4-6-18(17)21/h1-4,6,8,13,16,20,22H,5,7,9-12H2,(H2,30,37)(H,35,36)/t16-,20-,22+/m1/s1. The molecule has 3 aromatic rings. The number of piperidine rings is 1. The van der Waals surface area contributed by atoms with Crippen LogP contribution in [-0.4, -0.2) is 50.3 Å². The van der Waals surface area contributed by atoms with Gasteiger partial charge < -0.3 is 15.7 Å².